The molecule has 0 radical (unpaired) electrons. The second-order valence-corrected chi connectivity index (χ2v) is 11.0. The van der Waals surface area contributed by atoms with E-state index in [1.807, 2.05) is 32.0 Å². The number of aromatic nitrogens is 2. The summed E-state index contributed by atoms with van der Waals surface area (Å²) in [7, 11) is -3.40. The van der Waals surface area contributed by atoms with E-state index in [0.29, 0.717) is 29.7 Å². The largest absolute Gasteiger partial charge is 0.393 e. The number of pyridine rings is 1. The number of aliphatic hydroxyl groups is 1. The monoisotopic (exact) mass is 479 g/mol. The van der Waals surface area contributed by atoms with Crippen LogP contribution in [0.5, 0.6) is 0 Å². The first-order valence-electron chi connectivity index (χ1n) is 11.3. The van der Waals surface area contributed by atoms with Crippen molar-refractivity contribution in [1.82, 2.24) is 15.3 Å². The number of amides is 1. The molecule has 0 aliphatic rings. The molecule has 2 aromatic carbocycles. The Morgan fingerprint density at radius 1 is 1.21 bits per heavy atom. The first kappa shape index (κ1) is 23.9. The topological polar surface area (TPSA) is 112 Å². The Hall–Kier alpha value is -3.23. The van der Waals surface area contributed by atoms with Gasteiger partial charge < -0.3 is 15.4 Å². The molecule has 34 heavy (non-hydrogen) atoms. The minimum absolute atomic E-state index is 0.00684. The number of hydrogen-bond donors (Lipinski definition) is 3. The quantitative estimate of drug-likeness (QED) is 0.366. The summed E-state index contributed by atoms with van der Waals surface area (Å²) in [5.74, 6) is -0.242. The molecule has 3 N–H and O–H groups in total. The Bertz CT molecular complexity index is 1500. The van der Waals surface area contributed by atoms with Gasteiger partial charge in [0, 0.05) is 29.1 Å². The zero-order valence-corrected chi connectivity index (χ0v) is 20.6. The van der Waals surface area contributed by atoms with Gasteiger partial charge in [0.1, 0.15) is 5.65 Å². The molecule has 1 atom stereocenters. The van der Waals surface area contributed by atoms with Crippen molar-refractivity contribution in [2.24, 2.45) is 0 Å². The highest BCUT2D eigenvalue weighted by Crippen LogP contribution is 2.38. The lowest BCUT2D eigenvalue weighted by Gasteiger charge is -2.14. The molecule has 0 saturated heterocycles. The number of sulfone groups is 1. The van der Waals surface area contributed by atoms with Crippen LogP contribution in [0.25, 0.3) is 33.1 Å². The molecular weight excluding hydrogens is 450 g/mol. The fourth-order valence-electron chi connectivity index (χ4n) is 4.17. The van der Waals surface area contributed by atoms with Crippen LogP contribution >= 0.6 is 0 Å². The van der Waals surface area contributed by atoms with Crippen molar-refractivity contribution >= 4 is 37.7 Å². The fourth-order valence-corrected chi connectivity index (χ4v) is 5.10. The van der Waals surface area contributed by atoms with Gasteiger partial charge in [0.2, 0.25) is 0 Å². The van der Waals surface area contributed by atoms with E-state index in [4.69, 9.17) is 0 Å². The van der Waals surface area contributed by atoms with Gasteiger partial charge in [-0.3, -0.25) is 4.79 Å². The molecule has 4 rings (SSSR count). The van der Waals surface area contributed by atoms with Gasteiger partial charge in [0.15, 0.2) is 9.84 Å². The standard InChI is InChI=1S/C26H29N3O4S/c1-5-34(32,33)19-8-6-7-18(12-19)21-13-20(26(31)27-10-9-16(3)30)17(4)24-23(21)22-11-15(2)14-28-25(22)29-24/h6-8,11-14,16,30H,5,9-10H2,1-4H3,(H,27,31)(H,28,29). The van der Waals surface area contributed by atoms with Crippen molar-refractivity contribution < 1.29 is 18.3 Å². The van der Waals surface area contributed by atoms with E-state index >= 15 is 0 Å². The summed E-state index contributed by atoms with van der Waals surface area (Å²) in [6, 6.07) is 10.7. The lowest BCUT2D eigenvalue weighted by atomic mass is 9.93. The number of nitrogens with zero attached hydrogens (tertiary/aromatic N) is 1. The fraction of sp³-hybridized carbons (Fsp3) is 0.308. The summed E-state index contributed by atoms with van der Waals surface area (Å²) in [5, 5.41) is 14.2. The molecular formula is C26H29N3O4S. The number of nitrogens with one attached hydrogen (secondary N) is 2. The van der Waals surface area contributed by atoms with E-state index in [1.165, 1.54) is 0 Å². The van der Waals surface area contributed by atoms with E-state index in [0.717, 1.165) is 33.0 Å². The van der Waals surface area contributed by atoms with Crippen LogP contribution in [0.15, 0.2) is 47.5 Å². The number of aromatic amines is 1. The van der Waals surface area contributed by atoms with E-state index in [9.17, 15) is 18.3 Å². The van der Waals surface area contributed by atoms with Crippen molar-refractivity contribution in [2.45, 2.75) is 45.1 Å². The van der Waals surface area contributed by atoms with Crippen molar-refractivity contribution in [1.29, 1.82) is 0 Å². The molecule has 0 spiro atoms. The highest BCUT2D eigenvalue weighted by atomic mass is 32.2. The Morgan fingerprint density at radius 2 is 1.97 bits per heavy atom. The minimum atomic E-state index is -3.40. The maximum Gasteiger partial charge on any atom is 0.251 e. The van der Waals surface area contributed by atoms with Crippen molar-refractivity contribution in [3.63, 3.8) is 0 Å². The molecule has 0 aliphatic carbocycles. The Kier molecular flexibility index (Phi) is 6.47. The van der Waals surface area contributed by atoms with E-state index in [2.05, 4.69) is 15.3 Å². The van der Waals surface area contributed by atoms with Crippen molar-refractivity contribution in [3.8, 4) is 11.1 Å². The molecule has 0 bridgehead atoms. The maximum atomic E-state index is 13.1. The molecule has 2 heterocycles. The van der Waals surface area contributed by atoms with Crippen LogP contribution in [0.3, 0.4) is 0 Å². The van der Waals surface area contributed by atoms with E-state index < -0.39 is 15.9 Å². The summed E-state index contributed by atoms with van der Waals surface area (Å²) in [5.41, 5.74) is 5.22. The van der Waals surface area contributed by atoms with Gasteiger partial charge in [-0.05, 0) is 73.7 Å². The van der Waals surface area contributed by atoms with Gasteiger partial charge >= 0.3 is 0 Å². The number of carbonyl (C=O) groups excluding carboxylic acids is 1. The maximum absolute atomic E-state index is 13.1. The molecule has 7 nitrogen and oxygen atoms in total. The zero-order valence-electron chi connectivity index (χ0n) is 19.8. The number of aliphatic hydroxyl groups excluding tert-OH is 1. The summed E-state index contributed by atoms with van der Waals surface area (Å²) >= 11 is 0. The molecule has 0 saturated carbocycles. The average Bonchev–Trinajstić information content (AvgIpc) is 3.18. The zero-order chi connectivity index (χ0) is 24.6. The number of H-pyrrole nitrogens is 1. The second-order valence-electron chi connectivity index (χ2n) is 8.71. The summed E-state index contributed by atoms with van der Waals surface area (Å²) in [6.45, 7) is 7.50. The predicted molar refractivity (Wildman–Crippen MR) is 135 cm³/mol. The normalized spacial score (nSPS) is 12.9. The Labute approximate surface area is 199 Å². The van der Waals surface area contributed by atoms with E-state index in [-0.39, 0.29) is 16.6 Å². The van der Waals surface area contributed by atoms with Gasteiger partial charge in [-0.25, -0.2) is 13.4 Å². The van der Waals surface area contributed by atoms with E-state index in [1.54, 1.807) is 38.2 Å². The third-order valence-corrected chi connectivity index (χ3v) is 7.83. The molecule has 1 amide bonds. The Balaban J connectivity index is 1.98. The molecule has 4 aromatic rings. The molecule has 0 aliphatic heterocycles. The SMILES string of the molecule is CCS(=O)(=O)c1cccc(-c2cc(C(=O)NCCC(C)O)c(C)c3[nH]c4ncc(C)cc4c23)c1. The summed E-state index contributed by atoms with van der Waals surface area (Å²) < 4.78 is 25.1. The third-order valence-electron chi connectivity index (χ3n) is 6.10. The predicted octanol–water partition coefficient (Wildman–Crippen LogP) is 4.29. The minimum Gasteiger partial charge on any atom is -0.393 e. The second kappa shape index (κ2) is 9.19. The average molecular weight is 480 g/mol. The number of hydrogen-bond acceptors (Lipinski definition) is 5. The van der Waals surface area contributed by atoms with Crippen LogP contribution in [0.4, 0.5) is 0 Å². The first-order valence-corrected chi connectivity index (χ1v) is 13.0. The third kappa shape index (κ3) is 4.43. The number of rotatable bonds is 7. The van der Waals surface area contributed by atoms with Gasteiger partial charge in [-0.15, -0.1) is 0 Å². The number of fused-ring (bicyclic) bond motifs is 3. The number of aryl methyl sites for hydroxylation is 2. The van der Waals surface area contributed by atoms with Crippen LogP contribution in [-0.2, 0) is 9.84 Å². The Morgan fingerprint density at radius 3 is 2.68 bits per heavy atom. The van der Waals surface area contributed by atoms with Crippen molar-refractivity contribution in [2.75, 3.05) is 12.3 Å². The highest BCUT2D eigenvalue weighted by molar-refractivity contribution is 7.91. The summed E-state index contributed by atoms with van der Waals surface area (Å²) in [4.78, 5) is 21.2. The van der Waals surface area contributed by atoms with Gasteiger partial charge in [-0.2, -0.15) is 0 Å². The molecule has 0 fully saturated rings. The van der Waals surface area contributed by atoms with Gasteiger partial charge in [0.25, 0.3) is 5.91 Å². The first-order chi connectivity index (χ1) is 16.1. The van der Waals surface area contributed by atoms with Crippen LogP contribution in [0, 0.1) is 13.8 Å². The number of benzene rings is 2. The van der Waals surface area contributed by atoms with Gasteiger partial charge in [0.05, 0.1) is 22.3 Å². The number of carbonyl (C=O) groups is 1. The van der Waals surface area contributed by atoms with Crippen LogP contribution in [-0.4, -0.2) is 47.8 Å². The molecule has 8 heteroatoms. The molecule has 2 aromatic heterocycles. The van der Waals surface area contributed by atoms with Crippen LogP contribution < -0.4 is 5.32 Å². The van der Waals surface area contributed by atoms with Crippen LogP contribution in [0.1, 0.15) is 41.8 Å². The smallest absolute Gasteiger partial charge is 0.251 e. The van der Waals surface area contributed by atoms with Crippen LogP contribution in [0.2, 0.25) is 0 Å². The van der Waals surface area contributed by atoms with Crippen molar-refractivity contribution in [3.05, 3.63) is 59.3 Å². The summed E-state index contributed by atoms with van der Waals surface area (Å²) in [6.07, 6.45) is 1.72. The lowest BCUT2D eigenvalue weighted by Crippen LogP contribution is -2.27. The van der Waals surface area contributed by atoms with Gasteiger partial charge in [-0.1, -0.05) is 19.1 Å². The molecule has 1 unspecified atom stereocenters. The lowest BCUT2D eigenvalue weighted by molar-refractivity contribution is 0.0945. The molecule has 178 valence electrons. The highest BCUT2D eigenvalue weighted by Gasteiger charge is 2.21.